The molecular formula is C22H23F3N4O2. The number of halogens is 3. The number of anilines is 1. The Morgan fingerprint density at radius 3 is 2.58 bits per heavy atom. The van der Waals surface area contributed by atoms with Gasteiger partial charge in [0.15, 0.2) is 5.75 Å². The molecule has 0 bridgehead atoms. The van der Waals surface area contributed by atoms with Crippen LogP contribution in [0.5, 0.6) is 11.5 Å². The number of nitrogens with one attached hydrogen (secondary N) is 1. The molecule has 31 heavy (non-hydrogen) atoms. The number of hydrogen-bond donors (Lipinski definition) is 1. The molecule has 0 atom stereocenters. The van der Waals surface area contributed by atoms with E-state index < -0.39 is 12.7 Å². The number of benzene rings is 2. The van der Waals surface area contributed by atoms with Gasteiger partial charge in [-0.05, 0) is 31.3 Å². The Kier molecular flexibility index (Phi) is 7.30. The van der Waals surface area contributed by atoms with Crippen LogP contribution in [0.4, 0.5) is 18.9 Å². The second kappa shape index (κ2) is 10.1. The van der Waals surface area contributed by atoms with Crippen LogP contribution >= 0.6 is 0 Å². The standard InChI is InChI=1S/C22H23F3N4O2/c1-28(15-20-26-12-14-29(20)16-22(23,24)25)13-11-21(30)27-18-9-5-6-10-19(18)31-17-7-3-2-4-8-17/h2-10,12,14H,11,13,15-16H2,1H3,(H,27,30). The van der Waals surface area contributed by atoms with Crippen molar-refractivity contribution < 1.29 is 22.7 Å². The maximum Gasteiger partial charge on any atom is 0.406 e. The number of para-hydroxylation sites is 3. The van der Waals surface area contributed by atoms with Gasteiger partial charge in [0.05, 0.1) is 12.2 Å². The number of carbonyl (C=O) groups is 1. The highest BCUT2D eigenvalue weighted by Crippen LogP contribution is 2.29. The predicted molar refractivity (Wildman–Crippen MR) is 111 cm³/mol. The van der Waals surface area contributed by atoms with Crippen LogP contribution in [0, 0.1) is 0 Å². The number of carbonyl (C=O) groups excluding carboxylic acids is 1. The Labute approximate surface area is 178 Å². The molecule has 0 unspecified atom stereocenters. The average Bonchev–Trinajstić information content (AvgIpc) is 3.13. The second-order valence-electron chi connectivity index (χ2n) is 7.03. The van der Waals surface area contributed by atoms with E-state index in [2.05, 4.69) is 10.3 Å². The first kappa shape index (κ1) is 22.4. The van der Waals surface area contributed by atoms with Gasteiger partial charge in [-0.1, -0.05) is 30.3 Å². The van der Waals surface area contributed by atoms with Gasteiger partial charge < -0.3 is 14.6 Å². The largest absolute Gasteiger partial charge is 0.455 e. The van der Waals surface area contributed by atoms with Crippen molar-refractivity contribution in [3.8, 4) is 11.5 Å². The highest BCUT2D eigenvalue weighted by atomic mass is 19.4. The van der Waals surface area contributed by atoms with Crippen molar-refractivity contribution in [1.82, 2.24) is 14.5 Å². The Balaban J connectivity index is 1.52. The smallest absolute Gasteiger partial charge is 0.406 e. The quantitative estimate of drug-likeness (QED) is 0.533. The molecule has 0 aliphatic heterocycles. The maximum absolute atomic E-state index is 12.6. The fourth-order valence-electron chi connectivity index (χ4n) is 2.93. The molecule has 0 radical (unpaired) electrons. The van der Waals surface area contributed by atoms with Gasteiger partial charge >= 0.3 is 6.18 Å². The van der Waals surface area contributed by atoms with Crippen molar-refractivity contribution in [1.29, 1.82) is 0 Å². The summed E-state index contributed by atoms with van der Waals surface area (Å²) in [4.78, 5) is 18.2. The van der Waals surface area contributed by atoms with Crippen molar-refractivity contribution in [2.45, 2.75) is 25.7 Å². The van der Waals surface area contributed by atoms with Gasteiger partial charge in [0.25, 0.3) is 0 Å². The zero-order valence-corrected chi connectivity index (χ0v) is 17.0. The molecule has 0 spiro atoms. The molecular weight excluding hydrogens is 409 g/mol. The van der Waals surface area contributed by atoms with E-state index >= 15 is 0 Å². The summed E-state index contributed by atoms with van der Waals surface area (Å²) in [5, 5.41) is 2.83. The van der Waals surface area contributed by atoms with Crippen molar-refractivity contribution >= 4 is 11.6 Å². The summed E-state index contributed by atoms with van der Waals surface area (Å²) in [7, 11) is 1.73. The van der Waals surface area contributed by atoms with E-state index in [4.69, 9.17) is 4.74 Å². The molecule has 0 saturated carbocycles. The van der Waals surface area contributed by atoms with E-state index in [1.807, 2.05) is 36.4 Å². The minimum absolute atomic E-state index is 0.163. The lowest BCUT2D eigenvalue weighted by Crippen LogP contribution is -2.27. The Morgan fingerprint density at radius 1 is 1.13 bits per heavy atom. The number of rotatable bonds is 9. The summed E-state index contributed by atoms with van der Waals surface area (Å²) in [6.07, 6.45) is -1.52. The maximum atomic E-state index is 12.6. The van der Waals surface area contributed by atoms with Crippen LogP contribution in [0.3, 0.4) is 0 Å². The summed E-state index contributed by atoms with van der Waals surface area (Å²) in [5.41, 5.74) is 0.541. The fourth-order valence-corrected chi connectivity index (χ4v) is 2.93. The number of aromatic nitrogens is 2. The number of amides is 1. The van der Waals surface area contributed by atoms with E-state index in [1.54, 1.807) is 30.1 Å². The van der Waals surface area contributed by atoms with Crippen LogP contribution < -0.4 is 10.1 Å². The number of imidazole rings is 1. The number of alkyl halides is 3. The first-order chi connectivity index (χ1) is 14.8. The minimum atomic E-state index is -4.32. The molecule has 0 saturated heterocycles. The second-order valence-corrected chi connectivity index (χ2v) is 7.03. The molecule has 1 heterocycles. The molecule has 1 aromatic heterocycles. The van der Waals surface area contributed by atoms with Crippen LogP contribution in [0.25, 0.3) is 0 Å². The average molecular weight is 432 g/mol. The summed E-state index contributed by atoms with van der Waals surface area (Å²) in [6.45, 7) is -0.536. The Hall–Kier alpha value is -3.33. The molecule has 3 rings (SSSR count). The van der Waals surface area contributed by atoms with Gasteiger partial charge in [-0.25, -0.2) is 4.98 Å². The Morgan fingerprint density at radius 2 is 1.84 bits per heavy atom. The van der Waals surface area contributed by atoms with E-state index in [0.717, 1.165) is 4.57 Å². The SMILES string of the molecule is CN(CCC(=O)Nc1ccccc1Oc1ccccc1)Cc1nccn1CC(F)(F)F. The van der Waals surface area contributed by atoms with Crippen molar-refractivity contribution in [2.75, 3.05) is 18.9 Å². The summed E-state index contributed by atoms with van der Waals surface area (Å²) in [6, 6.07) is 16.3. The number of hydrogen-bond acceptors (Lipinski definition) is 4. The fraction of sp³-hybridized carbons (Fsp3) is 0.273. The molecule has 6 nitrogen and oxygen atoms in total. The Bertz CT molecular complexity index is 990. The zero-order valence-electron chi connectivity index (χ0n) is 17.0. The van der Waals surface area contributed by atoms with Crippen molar-refractivity contribution in [3.63, 3.8) is 0 Å². The van der Waals surface area contributed by atoms with Crippen LogP contribution in [0.2, 0.25) is 0 Å². The molecule has 0 aliphatic rings. The first-order valence-corrected chi connectivity index (χ1v) is 9.67. The third-order valence-electron chi connectivity index (χ3n) is 4.42. The van der Waals surface area contributed by atoms with Crippen LogP contribution in [-0.2, 0) is 17.9 Å². The van der Waals surface area contributed by atoms with Crippen LogP contribution in [-0.4, -0.2) is 40.1 Å². The lowest BCUT2D eigenvalue weighted by Gasteiger charge is -2.18. The number of ether oxygens (including phenoxy) is 1. The van der Waals surface area contributed by atoms with Gasteiger partial charge in [0.1, 0.15) is 18.1 Å². The zero-order chi connectivity index (χ0) is 22.3. The summed E-state index contributed by atoms with van der Waals surface area (Å²) in [5.74, 6) is 1.24. The van der Waals surface area contributed by atoms with Gasteiger partial charge in [-0.15, -0.1) is 0 Å². The lowest BCUT2D eigenvalue weighted by atomic mass is 10.2. The summed E-state index contributed by atoms with van der Waals surface area (Å²) >= 11 is 0. The van der Waals surface area contributed by atoms with Crippen molar-refractivity contribution in [3.05, 3.63) is 72.8 Å². The lowest BCUT2D eigenvalue weighted by molar-refractivity contribution is -0.141. The van der Waals surface area contributed by atoms with Crippen LogP contribution in [0.1, 0.15) is 12.2 Å². The molecule has 1 amide bonds. The van der Waals surface area contributed by atoms with Crippen molar-refractivity contribution in [2.24, 2.45) is 0 Å². The van der Waals surface area contributed by atoms with E-state index in [1.165, 1.54) is 12.4 Å². The third-order valence-corrected chi connectivity index (χ3v) is 4.42. The van der Waals surface area contributed by atoms with E-state index in [9.17, 15) is 18.0 Å². The topological polar surface area (TPSA) is 59.4 Å². The van der Waals surface area contributed by atoms with Gasteiger partial charge in [0.2, 0.25) is 5.91 Å². The minimum Gasteiger partial charge on any atom is -0.455 e. The number of nitrogens with zero attached hydrogens (tertiary/aromatic N) is 3. The molecule has 0 aliphatic carbocycles. The first-order valence-electron chi connectivity index (χ1n) is 9.67. The molecule has 3 aromatic rings. The normalized spacial score (nSPS) is 11.5. The monoisotopic (exact) mass is 432 g/mol. The van der Waals surface area contributed by atoms with E-state index in [-0.39, 0.29) is 18.9 Å². The third kappa shape index (κ3) is 7.14. The van der Waals surface area contributed by atoms with E-state index in [0.29, 0.717) is 29.6 Å². The summed E-state index contributed by atoms with van der Waals surface area (Å²) < 4.78 is 44.8. The van der Waals surface area contributed by atoms with Crippen LogP contribution in [0.15, 0.2) is 67.0 Å². The highest BCUT2D eigenvalue weighted by Gasteiger charge is 2.28. The molecule has 2 aromatic carbocycles. The molecule has 9 heteroatoms. The highest BCUT2D eigenvalue weighted by molar-refractivity contribution is 5.92. The van der Waals surface area contributed by atoms with Gasteiger partial charge in [-0.2, -0.15) is 13.2 Å². The van der Waals surface area contributed by atoms with Gasteiger partial charge in [0, 0.05) is 25.4 Å². The molecule has 0 fully saturated rings. The van der Waals surface area contributed by atoms with Gasteiger partial charge in [-0.3, -0.25) is 9.69 Å². The predicted octanol–water partition coefficient (Wildman–Crippen LogP) is 4.70. The molecule has 164 valence electrons. The molecule has 1 N–H and O–H groups in total.